The van der Waals surface area contributed by atoms with Crippen LogP contribution in [-0.2, 0) is 44.2 Å². The molecule has 67 heavy (non-hydrogen) atoms. The number of anilines is 1. The van der Waals surface area contributed by atoms with Gasteiger partial charge in [0.1, 0.15) is 36.1 Å². The van der Waals surface area contributed by atoms with Crippen LogP contribution < -0.4 is 21.8 Å². The summed E-state index contributed by atoms with van der Waals surface area (Å²) in [7, 11) is -0.470. The van der Waals surface area contributed by atoms with Crippen LogP contribution in [0.2, 0.25) is 0 Å². The molecular formula is C41H58N15O10S+. The summed E-state index contributed by atoms with van der Waals surface area (Å²) in [5.74, 6) is 7.65. The van der Waals surface area contributed by atoms with Gasteiger partial charge in [-0.2, -0.15) is 5.10 Å². The van der Waals surface area contributed by atoms with Gasteiger partial charge in [-0.25, -0.2) is 20.4 Å². The Hall–Kier alpha value is -6.10. The Kier molecular flexibility index (Phi) is 25.4. The maximum atomic E-state index is 12.5. The molecule has 0 radical (unpaired) electrons. The van der Waals surface area contributed by atoms with E-state index in [2.05, 4.69) is 68.0 Å². The minimum Gasteiger partial charge on any atom is -0.449 e. The first-order chi connectivity index (χ1) is 32.7. The van der Waals surface area contributed by atoms with Crippen molar-refractivity contribution in [2.45, 2.75) is 69.3 Å². The van der Waals surface area contributed by atoms with Crippen LogP contribution in [-0.4, -0.2) is 162 Å². The number of aliphatic hydroxyl groups is 2. The van der Waals surface area contributed by atoms with Crippen LogP contribution in [0.5, 0.6) is 0 Å². The number of nitrogens with one attached hydrogen (secondary N) is 3. The number of fused-ring (bicyclic) bond motifs is 1. The fourth-order valence-electron chi connectivity index (χ4n) is 6.26. The van der Waals surface area contributed by atoms with E-state index in [9.17, 15) is 24.6 Å². The summed E-state index contributed by atoms with van der Waals surface area (Å²) in [6.45, 7) is 3.90. The number of azide groups is 2. The molecule has 26 heteroatoms. The van der Waals surface area contributed by atoms with Crippen LogP contribution in [0.3, 0.4) is 0 Å². The third-order valence-corrected chi connectivity index (χ3v) is 11.9. The van der Waals surface area contributed by atoms with Crippen molar-refractivity contribution in [3.05, 3.63) is 68.9 Å². The van der Waals surface area contributed by atoms with Crippen molar-refractivity contribution in [2.24, 2.45) is 21.1 Å². The van der Waals surface area contributed by atoms with Crippen LogP contribution in [0.4, 0.5) is 5.82 Å². The molecule has 0 spiro atoms. The quantitative estimate of drug-likeness (QED) is 0.00485. The predicted molar refractivity (Wildman–Crippen MR) is 247 cm³/mol. The van der Waals surface area contributed by atoms with Gasteiger partial charge in [0.2, 0.25) is 5.91 Å². The lowest BCUT2D eigenvalue weighted by Crippen LogP contribution is -2.37. The van der Waals surface area contributed by atoms with E-state index < -0.39 is 41.7 Å². The number of hydrazone groups is 1. The number of hydrogen-bond donors (Lipinski definition) is 6. The molecule has 25 nitrogen and oxygen atoms in total. The van der Waals surface area contributed by atoms with E-state index in [1.54, 1.807) is 28.8 Å². The number of benzene rings is 1. The van der Waals surface area contributed by atoms with Crippen molar-refractivity contribution in [1.82, 2.24) is 30.3 Å². The van der Waals surface area contributed by atoms with Crippen molar-refractivity contribution in [2.75, 3.05) is 88.4 Å². The number of nitrogens with zero attached hydrogens (tertiary/aromatic N) is 11. The Balaban J connectivity index is 1.14. The van der Waals surface area contributed by atoms with E-state index in [1.807, 2.05) is 0 Å². The average Bonchev–Trinajstić information content (AvgIpc) is 3.88. The molecular weight excluding hydrogens is 895 g/mol. The van der Waals surface area contributed by atoms with E-state index in [-0.39, 0.29) is 24.8 Å². The number of ether oxygens (including phenoxy) is 5. The Morgan fingerprint density at radius 3 is 2.46 bits per heavy atom. The van der Waals surface area contributed by atoms with Gasteiger partial charge >= 0.3 is 0 Å². The van der Waals surface area contributed by atoms with E-state index in [0.29, 0.717) is 143 Å². The summed E-state index contributed by atoms with van der Waals surface area (Å²) in [6, 6.07) is 6.74. The zero-order valence-electron chi connectivity index (χ0n) is 37.0. The zero-order valence-corrected chi connectivity index (χ0v) is 37.8. The first-order valence-corrected chi connectivity index (χ1v) is 23.3. The van der Waals surface area contributed by atoms with Gasteiger partial charge in [-0.1, -0.05) is 28.3 Å². The van der Waals surface area contributed by atoms with Crippen molar-refractivity contribution >= 4 is 52.4 Å². The van der Waals surface area contributed by atoms with Gasteiger partial charge in [0.25, 0.3) is 12.4 Å². The highest BCUT2D eigenvalue weighted by molar-refractivity contribution is 7.97. The molecule has 2 aromatic heterocycles. The van der Waals surface area contributed by atoms with Gasteiger partial charge in [-0.15, -0.1) is 0 Å². The highest BCUT2D eigenvalue weighted by Crippen LogP contribution is 2.33. The molecule has 3 unspecified atom stereocenters. The number of hydrogen-bond acceptors (Lipinski definition) is 18. The molecule has 3 aromatic rings. The second kappa shape index (κ2) is 31.8. The molecule has 1 fully saturated rings. The average molecular weight is 953 g/mol. The largest absolute Gasteiger partial charge is 0.449 e. The third kappa shape index (κ3) is 19.7. The highest BCUT2D eigenvalue weighted by atomic mass is 32.2. The highest BCUT2D eigenvalue weighted by Gasteiger charge is 2.47. The molecule has 0 aliphatic carbocycles. The molecule has 1 aliphatic rings. The van der Waals surface area contributed by atoms with Crippen LogP contribution in [0.15, 0.2) is 52.3 Å². The Labute approximate surface area is 389 Å². The maximum absolute atomic E-state index is 12.5. The Bertz CT molecular complexity index is 2160. The second-order valence-electron chi connectivity index (χ2n) is 14.5. The summed E-state index contributed by atoms with van der Waals surface area (Å²) in [5, 5.41) is 39.0. The number of amides is 2. The fourth-order valence-corrected chi connectivity index (χ4v) is 8.30. The Morgan fingerprint density at radius 1 is 0.955 bits per heavy atom. The first-order valence-electron chi connectivity index (χ1n) is 21.6. The zero-order chi connectivity index (χ0) is 47.9. The third-order valence-electron chi connectivity index (χ3n) is 9.69. The summed E-state index contributed by atoms with van der Waals surface area (Å²) >= 11 is 0. The lowest BCUT2D eigenvalue weighted by atomic mass is 10.1. The monoisotopic (exact) mass is 952 g/mol. The van der Waals surface area contributed by atoms with Crippen LogP contribution in [0.25, 0.3) is 32.0 Å². The molecule has 362 valence electrons. The topological polar surface area (TPSA) is 353 Å². The number of aromatic nitrogens is 4. The van der Waals surface area contributed by atoms with Crippen molar-refractivity contribution in [3.63, 3.8) is 0 Å². The number of unbranched alkanes of at least 4 members (excludes halogenated alkanes) is 2. The minimum atomic E-state index is -1.29. The predicted octanol–water partition coefficient (Wildman–Crippen LogP) is 1.83. The number of rotatable bonds is 33. The van der Waals surface area contributed by atoms with E-state index in [1.165, 1.54) is 18.9 Å². The minimum absolute atomic E-state index is 0.249. The smallest absolute Gasteiger partial charge is 0.294 e. The number of carbonyl (C=O) groups excluding carboxylic acids is 3. The number of aliphatic hydroxyl groups excluding tert-OH is 2. The van der Waals surface area contributed by atoms with E-state index in [4.69, 9.17) is 40.5 Å². The molecule has 0 bridgehead atoms. The van der Waals surface area contributed by atoms with E-state index >= 15 is 0 Å². The van der Waals surface area contributed by atoms with Crippen molar-refractivity contribution in [3.8, 4) is 11.8 Å². The number of imidazole rings is 1. The molecule has 2 amide bonds. The van der Waals surface area contributed by atoms with Gasteiger partial charge in [0.05, 0.1) is 52.2 Å². The molecule has 7 N–H and O–H groups in total. The summed E-state index contributed by atoms with van der Waals surface area (Å²) < 4.78 is 28.7. The van der Waals surface area contributed by atoms with Crippen LogP contribution in [0.1, 0.15) is 60.7 Å². The second-order valence-corrected chi connectivity index (χ2v) is 16.8. The lowest BCUT2D eigenvalue weighted by Gasteiger charge is -2.17. The number of carbonyl (C=O) groups is 3. The molecule has 4 rings (SSSR count). The normalized spacial score (nSPS) is 17.4. The number of nitrogens with two attached hydrogens (primary N) is 1. The Morgan fingerprint density at radius 2 is 1.70 bits per heavy atom. The van der Waals surface area contributed by atoms with E-state index in [0.717, 1.165) is 0 Å². The summed E-state index contributed by atoms with van der Waals surface area (Å²) in [6.07, 6.45) is 2.25. The lowest BCUT2D eigenvalue weighted by molar-refractivity contribution is -0.133. The van der Waals surface area contributed by atoms with Crippen molar-refractivity contribution in [1.29, 1.82) is 0 Å². The summed E-state index contributed by atoms with van der Waals surface area (Å²) in [4.78, 5) is 54.1. The fraction of sp³-hybridized carbons (Fsp3) is 0.585. The molecule has 3 heterocycles. The molecule has 6 atom stereocenters. The van der Waals surface area contributed by atoms with Crippen LogP contribution in [0, 0.1) is 11.8 Å². The van der Waals surface area contributed by atoms with Gasteiger partial charge in [0.15, 0.2) is 35.2 Å². The van der Waals surface area contributed by atoms with Gasteiger partial charge in [-0.3, -0.25) is 24.7 Å². The van der Waals surface area contributed by atoms with Crippen molar-refractivity contribution < 1.29 is 48.3 Å². The molecule has 1 saturated heterocycles. The molecule has 1 aromatic carbocycles. The van der Waals surface area contributed by atoms with Gasteiger partial charge in [0, 0.05) is 71.7 Å². The van der Waals surface area contributed by atoms with Gasteiger partial charge in [-0.05, 0) is 53.9 Å². The standard InChI is InChI=1S/C41H57N15O10S/c42-33(65-29-57)12-24-67(26-32-36(59)37(60)41(66-32)56-28-49-35-38(47-27-48-39(35)56)45-13-6-14-50-54-43)23-5-3-1-2-4-7-34(58)53-52-25-30-8-10-31(11-9-30)40(61)46-15-17-62-19-21-64-22-20-63-18-16-51-55-44/h8-11,25,27-29,32-33,36-37,41,59-60H,1-2,4,6-7,12-24,26,42H2,(H2-,45,46,47,48,53,58,61)/p+1/t32-,33?,36?,37+,41-,67?/m1/s1. The summed E-state index contributed by atoms with van der Waals surface area (Å²) in [5.41, 5.74) is 27.1. The maximum Gasteiger partial charge on any atom is 0.294 e. The SMILES string of the molecule is [N-]=[N+]=NCCCNc1ncnc2c1ncn2[C@@H]1O[C@H](C[S+](CC#CCCCCC(=O)N/N=C\c2ccc(C(=O)NCCOCCOCCOCCN=[N+]=[N-])cc2)CCC(N)OC=O)C(O)[C@@H]1O. The van der Waals surface area contributed by atoms with Gasteiger partial charge < -0.3 is 44.5 Å². The molecule has 0 saturated carbocycles. The first kappa shape index (κ1) is 53.5. The molecule has 1 aliphatic heterocycles. The van der Waals surface area contributed by atoms with Crippen LogP contribution >= 0.6 is 0 Å².